The van der Waals surface area contributed by atoms with E-state index in [1.165, 1.54) is 25.7 Å². The van der Waals surface area contributed by atoms with Crippen LogP contribution in [0, 0.1) is 0 Å². The second-order valence-electron chi connectivity index (χ2n) is 8.84. The van der Waals surface area contributed by atoms with Crippen LogP contribution in [-0.2, 0) is 4.79 Å². The standard InChI is InChI=1S/C24H31ClN4O2/c1-16(13-17(2)30)18-7-9-20(10-8-18)31-21-11-12-29(14-21)24-22(25)23(26-15-27-24)28-19-5-3-4-6-19/h7-10,15-16,19,21H,3-6,11-14H2,1-2H3,(H,26,27,28)/t16-,21-/m1/s1. The number of carbonyl (C=O) groups is 1. The van der Waals surface area contributed by atoms with Crippen LogP contribution in [0.25, 0.3) is 0 Å². The molecule has 1 N–H and O–H groups in total. The summed E-state index contributed by atoms with van der Waals surface area (Å²) in [7, 11) is 0. The number of hydrogen-bond acceptors (Lipinski definition) is 6. The Balaban J connectivity index is 1.36. The van der Waals surface area contributed by atoms with E-state index in [0.717, 1.165) is 42.5 Å². The number of Topliss-reactive ketones (excluding diaryl/α,β-unsaturated/α-hetero) is 1. The number of rotatable bonds is 8. The average Bonchev–Trinajstić information content (AvgIpc) is 3.42. The Hall–Kier alpha value is -2.34. The molecule has 31 heavy (non-hydrogen) atoms. The third kappa shape index (κ3) is 5.48. The molecule has 1 saturated heterocycles. The van der Waals surface area contributed by atoms with Crippen molar-refractivity contribution in [1.29, 1.82) is 0 Å². The van der Waals surface area contributed by atoms with Crippen molar-refractivity contribution in [1.82, 2.24) is 9.97 Å². The van der Waals surface area contributed by atoms with E-state index in [1.807, 2.05) is 12.1 Å². The maximum atomic E-state index is 11.4. The van der Waals surface area contributed by atoms with Crippen molar-refractivity contribution in [2.75, 3.05) is 23.3 Å². The summed E-state index contributed by atoms with van der Waals surface area (Å²) in [5, 5.41) is 4.08. The third-order valence-electron chi connectivity index (χ3n) is 6.26. The normalized spacial score (nSPS) is 20.1. The molecule has 4 rings (SSSR count). The largest absolute Gasteiger partial charge is 0.489 e. The van der Waals surface area contributed by atoms with Crippen molar-refractivity contribution in [2.45, 2.75) is 70.4 Å². The number of benzene rings is 1. The van der Waals surface area contributed by atoms with Gasteiger partial charge >= 0.3 is 0 Å². The number of halogens is 1. The highest BCUT2D eigenvalue weighted by Gasteiger charge is 2.28. The maximum Gasteiger partial charge on any atom is 0.153 e. The van der Waals surface area contributed by atoms with Gasteiger partial charge in [-0.2, -0.15) is 0 Å². The molecule has 166 valence electrons. The summed E-state index contributed by atoms with van der Waals surface area (Å²) in [4.78, 5) is 22.3. The second kappa shape index (κ2) is 9.86. The number of nitrogens with zero attached hydrogens (tertiary/aromatic N) is 3. The average molecular weight is 443 g/mol. The molecule has 2 aliphatic rings. The number of ketones is 1. The fourth-order valence-corrected chi connectivity index (χ4v) is 4.85. The molecule has 0 bridgehead atoms. The smallest absolute Gasteiger partial charge is 0.153 e. The molecule has 2 heterocycles. The molecule has 1 aromatic heterocycles. The summed E-state index contributed by atoms with van der Waals surface area (Å²) in [5.41, 5.74) is 1.16. The molecule has 2 aromatic rings. The van der Waals surface area contributed by atoms with Crippen molar-refractivity contribution in [3.8, 4) is 5.75 Å². The monoisotopic (exact) mass is 442 g/mol. The molecule has 1 saturated carbocycles. The van der Waals surface area contributed by atoms with Gasteiger partial charge in [-0.15, -0.1) is 0 Å². The van der Waals surface area contributed by atoms with E-state index in [1.54, 1.807) is 13.3 Å². The van der Waals surface area contributed by atoms with Gasteiger partial charge in [0, 0.05) is 25.4 Å². The Labute approximate surface area is 189 Å². The van der Waals surface area contributed by atoms with Crippen LogP contribution in [0.5, 0.6) is 5.75 Å². The van der Waals surface area contributed by atoms with Gasteiger partial charge in [0.2, 0.25) is 0 Å². The van der Waals surface area contributed by atoms with Gasteiger partial charge < -0.3 is 19.7 Å². The van der Waals surface area contributed by atoms with Crippen LogP contribution in [0.4, 0.5) is 11.6 Å². The van der Waals surface area contributed by atoms with Gasteiger partial charge in [0.05, 0.1) is 6.54 Å². The molecule has 0 spiro atoms. The van der Waals surface area contributed by atoms with E-state index in [0.29, 0.717) is 17.5 Å². The van der Waals surface area contributed by atoms with E-state index >= 15 is 0 Å². The number of ether oxygens (including phenoxy) is 1. The van der Waals surface area contributed by atoms with Crippen LogP contribution >= 0.6 is 11.6 Å². The molecule has 0 unspecified atom stereocenters. The van der Waals surface area contributed by atoms with Crippen molar-refractivity contribution in [2.24, 2.45) is 0 Å². The summed E-state index contributed by atoms with van der Waals surface area (Å²) < 4.78 is 6.21. The van der Waals surface area contributed by atoms with E-state index < -0.39 is 0 Å². The van der Waals surface area contributed by atoms with Gasteiger partial charge in [0.15, 0.2) is 11.6 Å². The van der Waals surface area contributed by atoms with Gasteiger partial charge in [-0.3, -0.25) is 0 Å². The lowest BCUT2D eigenvalue weighted by Crippen LogP contribution is -2.26. The van der Waals surface area contributed by atoms with Gasteiger partial charge in [-0.05, 0) is 43.4 Å². The predicted octanol–water partition coefficient (Wildman–Crippen LogP) is 5.22. The first-order valence-corrected chi connectivity index (χ1v) is 11.7. The molecular weight excluding hydrogens is 412 g/mol. The van der Waals surface area contributed by atoms with Gasteiger partial charge in [-0.1, -0.05) is 43.5 Å². The summed E-state index contributed by atoms with van der Waals surface area (Å²) in [6.07, 6.45) is 8.00. The number of aromatic nitrogens is 2. The van der Waals surface area contributed by atoms with E-state index in [2.05, 4.69) is 39.2 Å². The number of nitrogens with one attached hydrogen (secondary N) is 1. The summed E-state index contributed by atoms with van der Waals surface area (Å²) in [5.74, 6) is 2.79. The summed E-state index contributed by atoms with van der Waals surface area (Å²) in [6, 6.07) is 8.55. The minimum atomic E-state index is 0.0813. The van der Waals surface area contributed by atoms with Crippen LogP contribution in [0.15, 0.2) is 30.6 Å². The zero-order valence-corrected chi connectivity index (χ0v) is 19.1. The predicted molar refractivity (Wildman–Crippen MR) is 124 cm³/mol. The molecule has 1 aromatic carbocycles. The molecule has 2 fully saturated rings. The molecule has 6 nitrogen and oxygen atoms in total. The first kappa shape index (κ1) is 21.9. The van der Waals surface area contributed by atoms with E-state index in [4.69, 9.17) is 16.3 Å². The highest BCUT2D eigenvalue weighted by atomic mass is 35.5. The zero-order valence-electron chi connectivity index (χ0n) is 18.3. The van der Waals surface area contributed by atoms with Crippen molar-refractivity contribution >= 4 is 29.0 Å². The Bertz CT molecular complexity index is 899. The minimum Gasteiger partial charge on any atom is -0.489 e. The fraction of sp³-hybridized carbons (Fsp3) is 0.542. The SMILES string of the molecule is CC(=O)C[C@@H](C)c1ccc(O[C@@H]2CCN(c3ncnc(NC4CCCC4)c3Cl)C2)cc1. The van der Waals surface area contributed by atoms with Crippen LogP contribution in [0.1, 0.15) is 63.9 Å². The Morgan fingerprint density at radius 3 is 2.68 bits per heavy atom. The summed E-state index contributed by atoms with van der Waals surface area (Å²) in [6.45, 7) is 5.30. The number of hydrogen-bond donors (Lipinski definition) is 1. The number of carbonyl (C=O) groups excluding carboxylic acids is 1. The van der Waals surface area contributed by atoms with Crippen LogP contribution in [0.3, 0.4) is 0 Å². The minimum absolute atomic E-state index is 0.0813. The van der Waals surface area contributed by atoms with Crippen LogP contribution in [0.2, 0.25) is 5.02 Å². The van der Waals surface area contributed by atoms with Gasteiger partial charge in [-0.25, -0.2) is 9.97 Å². The Morgan fingerprint density at radius 1 is 1.23 bits per heavy atom. The van der Waals surface area contributed by atoms with Crippen LogP contribution in [-0.4, -0.2) is 41.0 Å². The third-order valence-corrected chi connectivity index (χ3v) is 6.61. The van der Waals surface area contributed by atoms with E-state index in [9.17, 15) is 4.79 Å². The van der Waals surface area contributed by atoms with Crippen LogP contribution < -0.4 is 15.0 Å². The summed E-state index contributed by atoms with van der Waals surface area (Å²) >= 11 is 6.66. The first-order chi connectivity index (χ1) is 15.0. The lowest BCUT2D eigenvalue weighted by atomic mass is 9.96. The molecule has 0 amide bonds. The highest BCUT2D eigenvalue weighted by Crippen LogP contribution is 2.34. The Morgan fingerprint density at radius 2 is 1.97 bits per heavy atom. The quantitative estimate of drug-likeness (QED) is 0.604. The Kier molecular flexibility index (Phi) is 6.96. The van der Waals surface area contributed by atoms with Gasteiger partial charge in [0.1, 0.15) is 29.0 Å². The first-order valence-electron chi connectivity index (χ1n) is 11.3. The second-order valence-corrected chi connectivity index (χ2v) is 9.21. The molecule has 0 radical (unpaired) electrons. The molecule has 2 atom stereocenters. The van der Waals surface area contributed by atoms with E-state index in [-0.39, 0.29) is 17.8 Å². The number of anilines is 2. The van der Waals surface area contributed by atoms with Gasteiger partial charge in [0.25, 0.3) is 0 Å². The lowest BCUT2D eigenvalue weighted by Gasteiger charge is -2.21. The van der Waals surface area contributed by atoms with Crippen molar-refractivity contribution in [3.05, 3.63) is 41.2 Å². The molecule has 1 aliphatic carbocycles. The maximum absolute atomic E-state index is 11.4. The topological polar surface area (TPSA) is 67.3 Å². The highest BCUT2D eigenvalue weighted by molar-refractivity contribution is 6.35. The van der Waals surface area contributed by atoms with Crippen molar-refractivity contribution in [3.63, 3.8) is 0 Å². The lowest BCUT2D eigenvalue weighted by molar-refractivity contribution is -0.117. The molecule has 7 heteroatoms. The molecule has 1 aliphatic heterocycles. The zero-order chi connectivity index (χ0) is 21.8. The fourth-order valence-electron chi connectivity index (χ4n) is 4.58. The molecular formula is C24H31ClN4O2. The van der Waals surface area contributed by atoms with Crippen molar-refractivity contribution < 1.29 is 9.53 Å².